The van der Waals surface area contributed by atoms with Crippen molar-refractivity contribution < 1.29 is 8.42 Å². The third-order valence-electron chi connectivity index (χ3n) is 4.04. The summed E-state index contributed by atoms with van der Waals surface area (Å²) in [6, 6.07) is 5.44. The van der Waals surface area contributed by atoms with Gasteiger partial charge in [0, 0.05) is 12.6 Å². The van der Waals surface area contributed by atoms with Crippen LogP contribution in [0.1, 0.15) is 43.7 Å². The van der Waals surface area contributed by atoms with Crippen molar-refractivity contribution in [2.24, 2.45) is 11.7 Å². The number of sulfonamides is 1. The maximum Gasteiger partial charge on any atom is 0.241 e. The lowest BCUT2D eigenvalue weighted by Crippen LogP contribution is -2.38. The summed E-state index contributed by atoms with van der Waals surface area (Å²) in [4.78, 5) is 0.360. The highest BCUT2D eigenvalue weighted by Crippen LogP contribution is 2.25. The first-order valence-electron chi connectivity index (χ1n) is 7.24. The molecule has 1 aromatic rings. The quantitative estimate of drug-likeness (QED) is 0.895. The molecule has 0 spiro atoms. The van der Waals surface area contributed by atoms with E-state index in [0.717, 1.165) is 30.4 Å². The number of benzene rings is 1. The first-order valence-corrected chi connectivity index (χ1v) is 8.72. The Balaban J connectivity index is 2.21. The molecule has 112 valence electrons. The fraction of sp³-hybridized carbons (Fsp3) is 0.600. The van der Waals surface area contributed by atoms with Crippen LogP contribution in [0, 0.1) is 12.8 Å². The molecule has 4 nitrogen and oxygen atoms in total. The molecule has 3 N–H and O–H groups in total. The number of hydrogen-bond donors (Lipinski definition) is 2. The van der Waals surface area contributed by atoms with Crippen LogP contribution in [0.2, 0.25) is 0 Å². The zero-order valence-corrected chi connectivity index (χ0v) is 13.0. The number of aryl methyl sites for hydroxylation is 1. The third-order valence-corrected chi connectivity index (χ3v) is 5.70. The minimum absolute atomic E-state index is 0.0599. The third kappa shape index (κ3) is 3.59. The lowest BCUT2D eigenvalue weighted by molar-refractivity contribution is 0.327. The maximum absolute atomic E-state index is 12.5. The van der Waals surface area contributed by atoms with Gasteiger partial charge in [-0.25, -0.2) is 13.1 Å². The van der Waals surface area contributed by atoms with Crippen LogP contribution in [0.3, 0.4) is 0 Å². The van der Waals surface area contributed by atoms with Crippen molar-refractivity contribution in [3.8, 4) is 0 Å². The van der Waals surface area contributed by atoms with Gasteiger partial charge in [0.25, 0.3) is 0 Å². The number of nitrogens with two attached hydrogens (primary N) is 1. The molecule has 1 aliphatic carbocycles. The van der Waals surface area contributed by atoms with E-state index in [2.05, 4.69) is 11.6 Å². The van der Waals surface area contributed by atoms with Gasteiger partial charge >= 0.3 is 0 Å². The van der Waals surface area contributed by atoms with Crippen molar-refractivity contribution in [2.45, 2.75) is 57.0 Å². The Labute approximate surface area is 121 Å². The van der Waals surface area contributed by atoms with Crippen LogP contribution in [0.15, 0.2) is 23.1 Å². The zero-order chi connectivity index (χ0) is 14.8. The molecule has 1 saturated carbocycles. The van der Waals surface area contributed by atoms with E-state index < -0.39 is 10.0 Å². The van der Waals surface area contributed by atoms with Crippen molar-refractivity contribution in [1.29, 1.82) is 0 Å². The Hall–Kier alpha value is -0.910. The SMILES string of the molecule is Cc1ccc(CN)cc1S(=O)(=O)NC1CCCC(C)C1. The van der Waals surface area contributed by atoms with E-state index in [1.165, 1.54) is 6.42 Å². The van der Waals surface area contributed by atoms with E-state index in [0.29, 0.717) is 17.4 Å². The molecule has 5 heteroatoms. The molecule has 0 heterocycles. The van der Waals surface area contributed by atoms with Crippen LogP contribution in [-0.4, -0.2) is 14.5 Å². The summed E-state index contributed by atoms with van der Waals surface area (Å²) in [5.74, 6) is 0.591. The lowest BCUT2D eigenvalue weighted by Gasteiger charge is -2.27. The second-order valence-corrected chi connectivity index (χ2v) is 7.58. The minimum atomic E-state index is -3.45. The highest BCUT2D eigenvalue weighted by atomic mass is 32.2. The van der Waals surface area contributed by atoms with Gasteiger partial charge in [0.2, 0.25) is 10.0 Å². The molecule has 2 rings (SSSR count). The van der Waals surface area contributed by atoms with Gasteiger partial charge in [-0.3, -0.25) is 0 Å². The van der Waals surface area contributed by atoms with Crippen molar-refractivity contribution in [2.75, 3.05) is 0 Å². The highest BCUT2D eigenvalue weighted by Gasteiger charge is 2.25. The van der Waals surface area contributed by atoms with Gasteiger partial charge in [0.05, 0.1) is 4.90 Å². The summed E-state index contributed by atoms with van der Waals surface area (Å²) in [5.41, 5.74) is 7.20. The van der Waals surface area contributed by atoms with Crippen LogP contribution in [0.25, 0.3) is 0 Å². The predicted octanol–water partition coefficient (Wildman–Crippen LogP) is 2.31. The van der Waals surface area contributed by atoms with E-state index in [1.54, 1.807) is 6.07 Å². The van der Waals surface area contributed by atoms with Crippen molar-refractivity contribution >= 4 is 10.0 Å². The van der Waals surface area contributed by atoms with E-state index in [4.69, 9.17) is 5.73 Å². The molecule has 0 aromatic heterocycles. The standard InChI is InChI=1S/C15H24N2O2S/c1-11-4-3-5-14(8-11)17-20(18,19)15-9-13(10-16)7-6-12(15)2/h6-7,9,11,14,17H,3-5,8,10,16H2,1-2H3. The van der Waals surface area contributed by atoms with Gasteiger partial charge in [0.1, 0.15) is 0 Å². The Kier molecular flexibility index (Phi) is 4.83. The van der Waals surface area contributed by atoms with Crippen LogP contribution in [-0.2, 0) is 16.6 Å². The summed E-state index contributed by atoms with van der Waals surface area (Å²) >= 11 is 0. The summed E-state index contributed by atoms with van der Waals surface area (Å²) in [5, 5.41) is 0. The van der Waals surface area contributed by atoms with Crippen molar-refractivity contribution in [3.05, 3.63) is 29.3 Å². The molecular formula is C15H24N2O2S. The Morgan fingerprint density at radius 1 is 1.35 bits per heavy atom. The topological polar surface area (TPSA) is 72.2 Å². The zero-order valence-electron chi connectivity index (χ0n) is 12.2. The molecule has 0 amide bonds. The fourth-order valence-electron chi connectivity index (χ4n) is 2.89. The second kappa shape index (κ2) is 6.24. The van der Waals surface area contributed by atoms with Gasteiger partial charge in [0.15, 0.2) is 0 Å². The maximum atomic E-state index is 12.5. The van der Waals surface area contributed by atoms with Gasteiger partial charge in [-0.2, -0.15) is 0 Å². The molecule has 2 atom stereocenters. The van der Waals surface area contributed by atoms with Gasteiger partial charge in [-0.15, -0.1) is 0 Å². The smallest absolute Gasteiger partial charge is 0.241 e. The number of hydrogen-bond acceptors (Lipinski definition) is 3. The summed E-state index contributed by atoms with van der Waals surface area (Å²) in [6.07, 6.45) is 4.14. The molecule has 20 heavy (non-hydrogen) atoms. The van der Waals surface area contributed by atoms with E-state index in [9.17, 15) is 8.42 Å². The highest BCUT2D eigenvalue weighted by molar-refractivity contribution is 7.89. The number of rotatable bonds is 4. The molecular weight excluding hydrogens is 272 g/mol. The predicted molar refractivity (Wildman–Crippen MR) is 80.8 cm³/mol. The largest absolute Gasteiger partial charge is 0.326 e. The van der Waals surface area contributed by atoms with Crippen molar-refractivity contribution in [3.63, 3.8) is 0 Å². The first kappa shape index (κ1) is 15.5. The van der Waals surface area contributed by atoms with Crippen LogP contribution in [0.5, 0.6) is 0 Å². The first-order chi connectivity index (χ1) is 9.42. The van der Waals surface area contributed by atoms with Crippen LogP contribution >= 0.6 is 0 Å². The Bertz CT molecular complexity index is 569. The summed E-state index contributed by atoms with van der Waals surface area (Å²) < 4.78 is 28.0. The van der Waals surface area contributed by atoms with Crippen LogP contribution < -0.4 is 10.5 Å². The average Bonchev–Trinajstić information content (AvgIpc) is 2.38. The van der Waals surface area contributed by atoms with E-state index >= 15 is 0 Å². The van der Waals surface area contributed by atoms with E-state index in [1.807, 2.05) is 19.1 Å². The van der Waals surface area contributed by atoms with Gasteiger partial charge in [-0.1, -0.05) is 31.9 Å². The monoisotopic (exact) mass is 296 g/mol. The fourth-order valence-corrected chi connectivity index (χ4v) is 4.46. The molecule has 0 radical (unpaired) electrons. The normalized spacial score (nSPS) is 23.8. The Morgan fingerprint density at radius 2 is 2.10 bits per heavy atom. The molecule has 1 aromatic carbocycles. The molecule has 2 unspecified atom stereocenters. The van der Waals surface area contributed by atoms with Gasteiger partial charge in [-0.05, 0) is 42.9 Å². The summed E-state index contributed by atoms with van der Waals surface area (Å²) in [7, 11) is -3.45. The molecule has 1 aliphatic rings. The van der Waals surface area contributed by atoms with Crippen molar-refractivity contribution in [1.82, 2.24) is 4.72 Å². The molecule has 0 aliphatic heterocycles. The molecule has 1 fully saturated rings. The Morgan fingerprint density at radius 3 is 2.75 bits per heavy atom. The lowest BCUT2D eigenvalue weighted by atomic mass is 9.88. The molecule has 0 bridgehead atoms. The van der Waals surface area contributed by atoms with Crippen LogP contribution in [0.4, 0.5) is 0 Å². The van der Waals surface area contributed by atoms with E-state index in [-0.39, 0.29) is 6.04 Å². The molecule has 0 saturated heterocycles. The number of nitrogens with one attached hydrogen (secondary N) is 1. The summed E-state index contributed by atoms with van der Waals surface area (Å²) in [6.45, 7) is 4.35. The van der Waals surface area contributed by atoms with Gasteiger partial charge < -0.3 is 5.73 Å². The second-order valence-electron chi connectivity index (χ2n) is 5.89. The minimum Gasteiger partial charge on any atom is -0.326 e. The average molecular weight is 296 g/mol.